The number of rotatable bonds is 3. The van der Waals surface area contributed by atoms with Crippen molar-refractivity contribution in [2.24, 2.45) is 0 Å². The Labute approximate surface area is 118 Å². The molecule has 1 unspecified atom stereocenters. The van der Waals surface area contributed by atoms with Gasteiger partial charge in [0.05, 0.1) is 0 Å². The van der Waals surface area contributed by atoms with Crippen LogP contribution in [0.1, 0.15) is 18.1 Å². The Morgan fingerprint density at radius 3 is 2.29 bits per heavy atom. The predicted octanol–water partition coefficient (Wildman–Crippen LogP) is 3.98. The second-order valence-corrected chi connectivity index (χ2v) is 4.63. The van der Waals surface area contributed by atoms with Crippen LogP contribution in [0.15, 0.2) is 48.5 Å². The first-order valence-electron chi connectivity index (χ1n) is 6.04. The van der Waals surface area contributed by atoms with Crippen LogP contribution >= 0.6 is 0 Å². The first kappa shape index (κ1) is 15.3. The molecule has 2 aromatic rings. The summed E-state index contributed by atoms with van der Waals surface area (Å²) in [5.74, 6) is -1.12. The fourth-order valence-corrected chi connectivity index (χ4v) is 2.01. The van der Waals surface area contributed by atoms with Crippen molar-refractivity contribution in [2.45, 2.75) is 18.9 Å². The Morgan fingerprint density at radius 2 is 1.67 bits per heavy atom. The highest BCUT2D eigenvalue weighted by atomic mass is 19.4. The largest absolute Gasteiger partial charge is 0.573 e. The van der Waals surface area contributed by atoms with Gasteiger partial charge in [0.25, 0.3) is 0 Å². The number of alkyl halides is 3. The minimum Gasteiger partial charge on any atom is -0.406 e. The SMILES string of the molecule is CC(O)(c1cccc(OC(F)(F)F)c1)c1ccccc1F. The standard InChI is InChI=1S/C15H12F4O2/c1-14(20,12-7-2-3-8-13(12)16)10-5-4-6-11(9-10)21-15(17,18)19/h2-9,20H,1H3. The number of ether oxygens (including phenoxy) is 1. The topological polar surface area (TPSA) is 29.5 Å². The lowest BCUT2D eigenvalue weighted by atomic mass is 9.88. The van der Waals surface area contributed by atoms with Crippen LogP contribution in [0.5, 0.6) is 5.75 Å². The van der Waals surface area contributed by atoms with Crippen molar-refractivity contribution in [1.29, 1.82) is 0 Å². The molecule has 6 heteroatoms. The molecule has 21 heavy (non-hydrogen) atoms. The number of aliphatic hydroxyl groups is 1. The molecule has 2 aromatic carbocycles. The van der Waals surface area contributed by atoms with E-state index in [-0.39, 0.29) is 11.1 Å². The number of halogens is 4. The van der Waals surface area contributed by atoms with E-state index in [4.69, 9.17) is 0 Å². The third-order valence-electron chi connectivity index (χ3n) is 3.03. The van der Waals surface area contributed by atoms with Crippen molar-refractivity contribution >= 4 is 0 Å². The van der Waals surface area contributed by atoms with E-state index in [1.807, 2.05) is 0 Å². The van der Waals surface area contributed by atoms with Gasteiger partial charge in [-0.15, -0.1) is 13.2 Å². The Hall–Kier alpha value is -2.08. The summed E-state index contributed by atoms with van der Waals surface area (Å²) in [5.41, 5.74) is -1.72. The van der Waals surface area contributed by atoms with Gasteiger partial charge in [-0.05, 0) is 30.7 Å². The first-order valence-corrected chi connectivity index (χ1v) is 6.04. The quantitative estimate of drug-likeness (QED) is 0.869. The number of hydrogen-bond donors (Lipinski definition) is 1. The lowest BCUT2D eigenvalue weighted by Gasteiger charge is -2.25. The molecule has 2 nitrogen and oxygen atoms in total. The van der Waals surface area contributed by atoms with Crippen LogP contribution in [0.2, 0.25) is 0 Å². The van der Waals surface area contributed by atoms with Crippen LogP contribution in [-0.4, -0.2) is 11.5 Å². The highest BCUT2D eigenvalue weighted by molar-refractivity contribution is 5.39. The van der Waals surface area contributed by atoms with E-state index in [0.717, 1.165) is 12.1 Å². The van der Waals surface area contributed by atoms with E-state index in [2.05, 4.69) is 4.74 Å². The van der Waals surface area contributed by atoms with Crippen LogP contribution in [0.4, 0.5) is 17.6 Å². The highest BCUT2D eigenvalue weighted by Crippen LogP contribution is 2.33. The molecular weight excluding hydrogens is 288 g/mol. The van der Waals surface area contributed by atoms with Crippen molar-refractivity contribution in [1.82, 2.24) is 0 Å². The van der Waals surface area contributed by atoms with Crippen LogP contribution in [0, 0.1) is 5.82 Å². The number of hydrogen-bond acceptors (Lipinski definition) is 2. The van der Waals surface area contributed by atoms with E-state index in [1.165, 1.54) is 43.3 Å². The van der Waals surface area contributed by atoms with Gasteiger partial charge in [0, 0.05) is 5.56 Å². The summed E-state index contributed by atoms with van der Waals surface area (Å²) in [6, 6.07) is 10.4. The first-order chi connectivity index (χ1) is 9.70. The maximum Gasteiger partial charge on any atom is 0.573 e. The van der Waals surface area contributed by atoms with Crippen molar-refractivity contribution in [3.8, 4) is 5.75 Å². The van der Waals surface area contributed by atoms with Crippen molar-refractivity contribution in [3.63, 3.8) is 0 Å². The van der Waals surface area contributed by atoms with Crippen LogP contribution < -0.4 is 4.74 Å². The zero-order valence-corrected chi connectivity index (χ0v) is 11.0. The van der Waals surface area contributed by atoms with Crippen LogP contribution in [0.3, 0.4) is 0 Å². The average Bonchev–Trinajstić information content (AvgIpc) is 2.37. The van der Waals surface area contributed by atoms with E-state index >= 15 is 0 Å². The van der Waals surface area contributed by atoms with Gasteiger partial charge in [-0.3, -0.25) is 0 Å². The average molecular weight is 300 g/mol. The van der Waals surface area contributed by atoms with E-state index in [0.29, 0.717) is 0 Å². The van der Waals surface area contributed by atoms with Gasteiger partial charge < -0.3 is 9.84 Å². The van der Waals surface area contributed by atoms with E-state index in [9.17, 15) is 22.7 Å². The second kappa shape index (κ2) is 5.37. The molecule has 0 aliphatic carbocycles. The summed E-state index contributed by atoms with van der Waals surface area (Å²) in [7, 11) is 0. The molecule has 0 aliphatic rings. The molecule has 0 radical (unpaired) electrons. The molecule has 0 saturated heterocycles. The third kappa shape index (κ3) is 3.52. The van der Waals surface area contributed by atoms with Crippen LogP contribution in [-0.2, 0) is 5.60 Å². The molecule has 0 amide bonds. The monoisotopic (exact) mass is 300 g/mol. The van der Waals surface area contributed by atoms with Gasteiger partial charge >= 0.3 is 6.36 Å². The van der Waals surface area contributed by atoms with Gasteiger partial charge in [-0.1, -0.05) is 30.3 Å². The molecule has 0 bridgehead atoms. The smallest absolute Gasteiger partial charge is 0.406 e. The molecule has 0 spiro atoms. The molecule has 0 saturated carbocycles. The van der Waals surface area contributed by atoms with Gasteiger partial charge in [-0.2, -0.15) is 0 Å². The Morgan fingerprint density at radius 1 is 1.00 bits per heavy atom. The molecule has 1 N–H and O–H groups in total. The lowest BCUT2D eigenvalue weighted by Crippen LogP contribution is -2.24. The fraction of sp³-hybridized carbons (Fsp3) is 0.200. The Bertz CT molecular complexity index is 636. The summed E-state index contributed by atoms with van der Waals surface area (Å²) in [6.07, 6.45) is -4.83. The molecular formula is C15H12F4O2. The normalized spacial score (nSPS) is 14.6. The van der Waals surface area contributed by atoms with Crippen LogP contribution in [0.25, 0.3) is 0 Å². The van der Waals surface area contributed by atoms with Crippen molar-refractivity contribution in [2.75, 3.05) is 0 Å². The lowest BCUT2D eigenvalue weighted by molar-refractivity contribution is -0.274. The Kier molecular flexibility index (Phi) is 3.91. The zero-order valence-electron chi connectivity index (χ0n) is 11.0. The van der Waals surface area contributed by atoms with Crippen molar-refractivity contribution < 1.29 is 27.4 Å². The fourth-order valence-electron chi connectivity index (χ4n) is 2.01. The van der Waals surface area contributed by atoms with Gasteiger partial charge in [0.2, 0.25) is 0 Å². The van der Waals surface area contributed by atoms with Gasteiger partial charge in [0.15, 0.2) is 0 Å². The molecule has 112 valence electrons. The van der Waals surface area contributed by atoms with E-state index < -0.39 is 23.5 Å². The predicted molar refractivity (Wildman–Crippen MR) is 68.2 cm³/mol. The third-order valence-corrected chi connectivity index (χ3v) is 3.03. The van der Waals surface area contributed by atoms with E-state index in [1.54, 1.807) is 0 Å². The summed E-state index contributed by atoms with van der Waals surface area (Å²) in [6.45, 7) is 1.30. The molecule has 0 aliphatic heterocycles. The van der Waals surface area contributed by atoms with Gasteiger partial charge in [-0.25, -0.2) is 4.39 Å². The Balaban J connectivity index is 2.41. The molecule has 0 heterocycles. The minimum absolute atomic E-state index is 0.0332. The molecule has 2 rings (SSSR count). The molecule has 1 atom stereocenters. The van der Waals surface area contributed by atoms with Crippen molar-refractivity contribution in [3.05, 3.63) is 65.5 Å². The van der Waals surface area contributed by atoms with Gasteiger partial charge in [0.1, 0.15) is 17.2 Å². The zero-order chi connectivity index (χ0) is 15.7. The number of benzene rings is 2. The minimum atomic E-state index is -4.83. The second-order valence-electron chi connectivity index (χ2n) is 4.63. The maximum atomic E-state index is 13.8. The molecule has 0 aromatic heterocycles. The summed E-state index contributed by atoms with van der Waals surface area (Å²) < 4.78 is 54.2. The summed E-state index contributed by atoms with van der Waals surface area (Å²) in [5, 5.41) is 10.5. The maximum absolute atomic E-state index is 13.8. The summed E-state index contributed by atoms with van der Waals surface area (Å²) in [4.78, 5) is 0. The summed E-state index contributed by atoms with van der Waals surface area (Å²) >= 11 is 0. The molecule has 0 fully saturated rings. The highest BCUT2D eigenvalue weighted by Gasteiger charge is 2.33.